The first-order valence-corrected chi connectivity index (χ1v) is 9.16. The van der Waals surface area contributed by atoms with E-state index in [2.05, 4.69) is 15.4 Å². The second-order valence-electron chi connectivity index (χ2n) is 5.99. The molecule has 0 unspecified atom stereocenters. The molecule has 1 aromatic carbocycles. The smallest absolute Gasteiger partial charge is 0.346 e. The number of nitrogens with one attached hydrogen (secondary N) is 1. The number of carbonyl (C=O) groups excluding carboxylic acids is 2. The number of carbonyl (C=O) groups is 2. The van der Waals surface area contributed by atoms with Gasteiger partial charge in [0.05, 0.1) is 13.3 Å². The zero-order valence-electron chi connectivity index (χ0n) is 14.3. The molecule has 10 heteroatoms. The van der Waals surface area contributed by atoms with Gasteiger partial charge >= 0.3 is 6.03 Å². The molecule has 1 saturated heterocycles. The van der Waals surface area contributed by atoms with Crippen LogP contribution in [-0.4, -0.2) is 39.7 Å². The lowest BCUT2D eigenvalue weighted by Gasteiger charge is -2.21. The Bertz CT molecular complexity index is 1070. The third-order valence-electron chi connectivity index (χ3n) is 4.39. The number of ether oxygens (including phenoxy) is 1. The molecule has 0 bridgehead atoms. The Morgan fingerprint density at radius 2 is 2.07 bits per heavy atom. The summed E-state index contributed by atoms with van der Waals surface area (Å²) in [6, 6.07) is 6.30. The predicted molar refractivity (Wildman–Crippen MR) is 101 cm³/mol. The molecule has 0 spiro atoms. The van der Waals surface area contributed by atoms with Crippen LogP contribution in [0, 0.1) is 0 Å². The largest absolute Gasteiger partial charge is 0.497 e. The highest BCUT2D eigenvalue weighted by atomic mass is 35.5. The number of benzene rings is 1. The highest BCUT2D eigenvalue weighted by molar-refractivity contribution is 7.15. The molecule has 138 valence electrons. The second-order valence-corrected chi connectivity index (χ2v) is 7.22. The third-order valence-corrected chi connectivity index (χ3v) is 5.42. The van der Waals surface area contributed by atoms with Gasteiger partial charge in [-0.25, -0.2) is 9.78 Å². The minimum Gasteiger partial charge on any atom is -0.497 e. The van der Waals surface area contributed by atoms with Crippen molar-refractivity contribution in [1.29, 1.82) is 0 Å². The van der Waals surface area contributed by atoms with Crippen molar-refractivity contribution in [3.8, 4) is 5.75 Å². The van der Waals surface area contributed by atoms with Crippen LogP contribution in [0.4, 0.5) is 4.79 Å². The van der Waals surface area contributed by atoms with Crippen LogP contribution in [0.1, 0.15) is 18.2 Å². The molecule has 8 nitrogen and oxygen atoms in total. The summed E-state index contributed by atoms with van der Waals surface area (Å²) in [6.45, 7) is 1.63. The van der Waals surface area contributed by atoms with Crippen LogP contribution in [0.25, 0.3) is 4.96 Å². The molecule has 3 amide bonds. The molecule has 1 aliphatic rings. The van der Waals surface area contributed by atoms with E-state index in [1.165, 1.54) is 17.6 Å². The number of imide groups is 1. The standard InChI is InChI=1S/C17H14ClN5O3S/c1-17(10-3-5-11(26-2)6-4-10)14(24)23(15(25)21-17)19-9-12-13(18)20-16-22(12)7-8-27-16/h3-9H,1-2H3,(H,21,25)/b19-9-/t17-/m1/s1. The van der Waals surface area contributed by atoms with Crippen LogP contribution in [0.2, 0.25) is 5.15 Å². The molecule has 27 heavy (non-hydrogen) atoms. The molecule has 0 aliphatic carbocycles. The lowest BCUT2D eigenvalue weighted by Crippen LogP contribution is -2.40. The van der Waals surface area contributed by atoms with Crippen LogP contribution < -0.4 is 10.1 Å². The van der Waals surface area contributed by atoms with Gasteiger partial charge in [-0.3, -0.25) is 9.20 Å². The third kappa shape index (κ3) is 2.75. The Balaban J connectivity index is 1.64. The summed E-state index contributed by atoms with van der Waals surface area (Å²) >= 11 is 7.53. The van der Waals surface area contributed by atoms with Gasteiger partial charge in [-0.05, 0) is 24.6 Å². The predicted octanol–water partition coefficient (Wildman–Crippen LogP) is 2.86. The van der Waals surface area contributed by atoms with Crippen LogP contribution in [-0.2, 0) is 10.3 Å². The van der Waals surface area contributed by atoms with Gasteiger partial charge in [-0.15, -0.1) is 16.3 Å². The normalized spacial score (nSPS) is 20.0. The average Bonchev–Trinajstić information content (AvgIpc) is 3.28. The number of rotatable bonds is 4. The molecule has 3 aromatic rings. The van der Waals surface area contributed by atoms with Crippen molar-refractivity contribution in [2.75, 3.05) is 7.11 Å². The number of nitrogens with zero attached hydrogens (tertiary/aromatic N) is 4. The molecule has 0 radical (unpaired) electrons. The Morgan fingerprint density at radius 3 is 2.78 bits per heavy atom. The monoisotopic (exact) mass is 403 g/mol. The first-order chi connectivity index (χ1) is 12.9. The van der Waals surface area contributed by atoms with Gasteiger partial charge in [-0.1, -0.05) is 23.7 Å². The molecule has 1 aliphatic heterocycles. The van der Waals surface area contributed by atoms with Gasteiger partial charge in [0.2, 0.25) is 0 Å². The zero-order valence-corrected chi connectivity index (χ0v) is 15.9. The maximum Gasteiger partial charge on any atom is 0.346 e. The van der Waals surface area contributed by atoms with Crippen LogP contribution in [0.15, 0.2) is 40.9 Å². The Kier molecular flexibility index (Phi) is 4.12. The lowest BCUT2D eigenvalue weighted by molar-refractivity contribution is -0.131. The molecular weight excluding hydrogens is 390 g/mol. The minimum atomic E-state index is -1.22. The van der Waals surface area contributed by atoms with Crippen molar-refractivity contribution >= 4 is 46.1 Å². The summed E-state index contributed by atoms with van der Waals surface area (Å²) in [4.78, 5) is 30.1. The zero-order chi connectivity index (χ0) is 19.2. The second kappa shape index (κ2) is 6.36. The van der Waals surface area contributed by atoms with E-state index in [0.29, 0.717) is 22.0 Å². The molecule has 0 saturated carbocycles. The number of aromatic nitrogens is 2. The summed E-state index contributed by atoms with van der Waals surface area (Å²) in [6.07, 6.45) is 3.14. The summed E-state index contributed by atoms with van der Waals surface area (Å²) in [5.41, 5.74) is -0.104. The quantitative estimate of drug-likeness (QED) is 0.536. The number of hydrazone groups is 1. The van der Waals surface area contributed by atoms with E-state index in [-0.39, 0.29) is 5.15 Å². The Morgan fingerprint density at radius 1 is 1.33 bits per heavy atom. The number of amides is 3. The fourth-order valence-electron chi connectivity index (χ4n) is 2.85. The van der Waals surface area contributed by atoms with E-state index in [9.17, 15) is 9.59 Å². The van der Waals surface area contributed by atoms with E-state index < -0.39 is 17.5 Å². The van der Waals surface area contributed by atoms with Crippen LogP contribution >= 0.6 is 22.9 Å². The van der Waals surface area contributed by atoms with Gasteiger partial charge in [0.25, 0.3) is 5.91 Å². The fourth-order valence-corrected chi connectivity index (χ4v) is 3.85. The maximum atomic E-state index is 12.9. The van der Waals surface area contributed by atoms with Crippen molar-refractivity contribution in [2.45, 2.75) is 12.5 Å². The highest BCUT2D eigenvalue weighted by Crippen LogP contribution is 2.30. The van der Waals surface area contributed by atoms with Crippen molar-refractivity contribution in [3.63, 3.8) is 0 Å². The highest BCUT2D eigenvalue weighted by Gasteiger charge is 2.49. The minimum absolute atomic E-state index is 0.246. The van der Waals surface area contributed by atoms with Gasteiger partial charge in [0.15, 0.2) is 10.1 Å². The molecule has 3 heterocycles. The number of hydrogen-bond acceptors (Lipinski definition) is 6. The lowest BCUT2D eigenvalue weighted by atomic mass is 9.92. The summed E-state index contributed by atoms with van der Waals surface area (Å²) in [5.74, 6) is 0.167. The molecule has 1 atom stereocenters. The molecule has 4 rings (SSSR count). The van der Waals surface area contributed by atoms with E-state index in [1.807, 2.05) is 5.38 Å². The molecule has 2 aromatic heterocycles. The number of fused-ring (bicyclic) bond motifs is 1. The molecule has 1 N–H and O–H groups in total. The number of halogens is 1. The summed E-state index contributed by atoms with van der Waals surface area (Å²) in [5, 5.41) is 9.64. The van der Waals surface area contributed by atoms with E-state index >= 15 is 0 Å². The maximum absolute atomic E-state index is 12.9. The van der Waals surface area contributed by atoms with E-state index in [1.54, 1.807) is 48.9 Å². The number of methoxy groups -OCH3 is 1. The van der Waals surface area contributed by atoms with Gasteiger partial charge in [-0.2, -0.15) is 5.10 Å². The van der Waals surface area contributed by atoms with Crippen molar-refractivity contribution in [2.24, 2.45) is 5.10 Å². The number of urea groups is 1. The van der Waals surface area contributed by atoms with Gasteiger partial charge < -0.3 is 10.1 Å². The topological polar surface area (TPSA) is 88.3 Å². The number of imidazole rings is 1. The molecular formula is C17H14ClN5O3S. The van der Waals surface area contributed by atoms with Gasteiger partial charge in [0.1, 0.15) is 17.0 Å². The van der Waals surface area contributed by atoms with E-state index in [4.69, 9.17) is 16.3 Å². The summed E-state index contributed by atoms with van der Waals surface area (Å²) in [7, 11) is 1.56. The SMILES string of the molecule is COc1ccc([C@@]2(C)NC(=O)N(/N=C\c3c(Cl)nc4sccn34)C2=O)cc1. The average molecular weight is 404 g/mol. The van der Waals surface area contributed by atoms with Crippen molar-refractivity contribution < 1.29 is 14.3 Å². The number of thiazole rings is 1. The van der Waals surface area contributed by atoms with Crippen LogP contribution in [0.3, 0.4) is 0 Å². The Hall–Kier alpha value is -2.91. The molecule has 1 fully saturated rings. The first kappa shape index (κ1) is 17.5. The first-order valence-electron chi connectivity index (χ1n) is 7.90. The van der Waals surface area contributed by atoms with Gasteiger partial charge in [0, 0.05) is 11.6 Å². The number of hydrogen-bond donors (Lipinski definition) is 1. The van der Waals surface area contributed by atoms with Crippen molar-refractivity contribution in [3.05, 3.63) is 52.3 Å². The Labute approximate surface area is 163 Å². The van der Waals surface area contributed by atoms with Crippen molar-refractivity contribution in [1.82, 2.24) is 19.7 Å². The summed E-state index contributed by atoms with van der Waals surface area (Å²) < 4.78 is 6.86. The van der Waals surface area contributed by atoms with E-state index in [0.717, 1.165) is 5.01 Å². The fraction of sp³-hybridized carbons (Fsp3) is 0.176. The van der Waals surface area contributed by atoms with Crippen LogP contribution in [0.5, 0.6) is 5.75 Å².